The molecule has 0 bridgehead atoms. The van der Waals surface area contributed by atoms with Crippen molar-refractivity contribution < 1.29 is 28.8 Å². The van der Waals surface area contributed by atoms with Gasteiger partial charge >= 0.3 is 11.9 Å². The van der Waals surface area contributed by atoms with Gasteiger partial charge in [-0.15, -0.1) is 11.8 Å². The molecule has 1 amide bonds. The minimum absolute atomic E-state index is 0.109. The molecule has 0 spiro atoms. The van der Waals surface area contributed by atoms with Gasteiger partial charge in [0.1, 0.15) is 5.92 Å². The third kappa shape index (κ3) is 5.69. The summed E-state index contributed by atoms with van der Waals surface area (Å²) < 4.78 is 10.2. The number of carbonyl (C=O) groups is 3. The van der Waals surface area contributed by atoms with Crippen LogP contribution in [0.15, 0.2) is 40.5 Å². The highest BCUT2D eigenvalue weighted by Gasteiger charge is 2.44. The van der Waals surface area contributed by atoms with Gasteiger partial charge in [-0.05, 0) is 19.4 Å². The largest absolute Gasteiger partial charge is 0.466 e. The van der Waals surface area contributed by atoms with Crippen LogP contribution >= 0.6 is 11.8 Å². The number of allylic oxidation sites excluding steroid dienone is 1. The number of nitrogens with zero attached hydrogens (tertiary/aromatic N) is 2. The Morgan fingerprint density at radius 1 is 1.39 bits per heavy atom. The second-order valence-corrected chi connectivity index (χ2v) is 7.54. The number of carbonyl (C=O) groups excluding carboxylic acids is 3. The van der Waals surface area contributed by atoms with Crippen LogP contribution in [0.1, 0.15) is 25.3 Å². The van der Waals surface area contributed by atoms with E-state index in [9.17, 15) is 24.5 Å². The number of rotatable bonds is 9. The molecule has 0 radical (unpaired) electrons. The Balaban J connectivity index is 2.63. The van der Waals surface area contributed by atoms with Gasteiger partial charge in [-0.1, -0.05) is 12.1 Å². The quantitative estimate of drug-likeness (QED) is 0.199. The van der Waals surface area contributed by atoms with Gasteiger partial charge in [0.05, 0.1) is 29.3 Å². The first-order valence-corrected chi connectivity index (χ1v) is 10.4. The summed E-state index contributed by atoms with van der Waals surface area (Å²) in [5, 5.41) is 14.2. The van der Waals surface area contributed by atoms with Crippen molar-refractivity contribution in [2.75, 3.05) is 26.0 Å². The fourth-order valence-corrected chi connectivity index (χ4v) is 4.31. The Hall–Kier alpha value is -3.21. The first kappa shape index (κ1) is 24.1. The molecule has 0 saturated carbocycles. The van der Waals surface area contributed by atoms with E-state index in [-0.39, 0.29) is 17.9 Å². The SMILES string of the molecule is CCOC(=O)C1C(SCCNC=O)=NC(C)=C(C(=O)OC)C1c1cccc([N+](=O)[O-])c1. The minimum atomic E-state index is -0.999. The van der Waals surface area contributed by atoms with Crippen molar-refractivity contribution in [3.63, 3.8) is 0 Å². The first-order valence-electron chi connectivity index (χ1n) is 9.44. The number of esters is 2. The van der Waals surface area contributed by atoms with Crippen molar-refractivity contribution in [3.05, 3.63) is 51.2 Å². The van der Waals surface area contributed by atoms with E-state index in [1.54, 1.807) is 19.9 Å². The molecule has 1 aromatic carbocycles. The summed E-state index contributed by atoms with van der Waals surface area (Å²) in [6.07, 6.45) is 0.568. The van der Waals surface area contributed by atoms with Crippen molar-refractivity contribution >= 4 is 40.8 Å². The Labute approximate surface area is 183 Å². The van der Waals surface area contributed by atoms with Gasteiger partial charge < -0.3 is 14.8 Å². The summed E-state index contributed by atoms with van der Waals surface area (Å²) in [4.78, 5) is 51.3. The molecule has 1 aliphatic heterocycles. The lowest BCUT2D eigenvalue weighted by Gasteiger charge is -2.32. The Morgan fingerprint density at radius 2 is 2.13 bits per heavy atom. The van der Waals surface area contributed by atoms with Gasteiger partial charge in [0, 0.05) is 36.0 Å². The fourth-order valence-electron chi connectivity index (χ4n) is 3.27. The van der Waals surface area contributed by atoms with E-state index < -0.39 is 28.7 Å². The molecule has 0 aliphatic carbocycles. The van der Waals surface area contributed by atoms with E-state index in [4.69, 9.17) is 9.47 Å². The molecule has 166 valence electrons. The molecule has 2 unspecified atom stereocenters. The van der Waals surface area contributed by atoms with E-state index in [2.05, 4.69) is 10.3 Å². The van der Waals surface area contributed by atoms with Crippen molar-refractivity contribution in [1.29, 1.82) is 0 Å². The maximum atomic E-state index is 13.0. The predicted octanol–water partition coefficient (Wildman–Crippen LogP) is 2.20. The molecule has 0 fully saturated rings. The highest BCUT2D eigenvalue weighted by atomic mass is 32.2. The van der Waals surface area contributed by atoms with Gasteiger partial charge in [-0.25, -0.2) is 9.79 Å². The van der Waals surface area contributed by atoms with Crippen molar-refractivity contribution in [1.82, 2.24) is 5.32 Å². The number of thioether (sulfide) groups is 1. The van der Waals surface area contributed by atoms with Crippen LogP contribution in [0.2, 0.25) is 0 Å². The summed E-state index contributed by atoms with van der Waals surface area (Å²) in [7, 11) is 1.21. The van der Waals surface area contributed by atoms with Crippen LogP contribution in [-0.4, -0.2) is 54.3 Å². The average Bonchev–Trinajstić information content (AvgIpc) is 2.75. The van der Waals surface area contributed by atoms with Crippen LogP contribution in [-0.2, 0) is 23.9 Å². The van der Waals surface area contributed by atoms with E-state index in [1.807, 2.05) is 0 Å². The standard InChI is InChI=1S/C20H23N3O7S/c1-4-30-20(26)17-16(13-6-5-7-14(10-13)23(27)28)15(19(25)29-3)12(2)22-18(17)31-9-8-21-11-24/h5-7,10-11,16-17H,4,8-9H2,1-3H3,(H,21,24). The second-order valence-electron chi connectivity index (χ2n) is 6.42. The predicted molar refractivity (Wildman–Crippen MR) is 115 cm³/mol. The van der Waals surface area contributed by atoms with E-state index in [0.29, 0.717) is 35.0 Å². The number of hydrogen-bond donors (Lipinski definition) is 1. The van der Waals surface area contributed by atoms with Gasteiger partial charge in [-0.3, -0.25) is 19.7 Å². The molecule has 1 aliphatic rings. The number of nitro groups is 1. The lowest BCUT2D eigenvalue weighted by molar-refractivity contribution is -0.384. The van der Waals surface area contributed by atoms with Gasteiger partial charge in [0.2, 0.25) is 6.41 Å². The fraction of sp³-hybridized carbons (Fsp3) is 0.400. The number of benzene rings is 1. The van der Waals surface area contributed by atoms with Crippen LogP contribution in [0.25, 0.3) is 0 Å². The zero-order chi connectivity index (χ0) is 23.0. The molecule has 31 heavy (non-hydrogen) atoms. The number of non-ortho nitro benzene ring substituents is 1. The zero-order valence-electron chi connectivity index (χ0n) is 17.3. The molecule has 2 rings (SSSR count). The molecule has 0 saturated heterocycles. The molecular formula is C20H23N3O7S. The molecule has 1 heterocycles. The van der Waals surface area contributed by atoms with Crippen LogP contribution in [0.4, 0.5) is 5.69 Å². The first-order chi connectivity index (χ1) is 14.8. The van der Waals surface area contributed by atoms with Crippen LogP contribution in [0, 0.1) is 16.0 Å². The summed E-state index contributed by atoms with van der Waals surface area (Å²) in [5.74, 6) is -2.75. The van der Waals surface area contributed by atoms with E-state index >= 15 is 0 Å². The lowest BCUT2D eigenvalue weighted by atomic mass is 9.78. The number of nitrogens with one attached hydrogen (secondary N) is 1. The van der Waals surface area contributed by atoms with Crippen molar-refractivity contribution in [2.45, 2.75) is 19.8 Å². The molecule has 0 aromatic heterocycles. The zero-order valence-corrected chi connectivity index (χ0v) is 18.1. The number of hydrogen-bond acceptors (Lipinski definition) is 9. The average molecular weight is 449 g/mol. The monoisotopic (exact) mass is 449 g/mol. The van der Waals surface area contributed by atoms with Crippen LogP contribution in [0.5, 0.6) is 0 Å². The van der Waals surface area contributed by atoms with Crippen molar-refractivity contribution in [2.24, 2.45) is 10.9 Å². The molecule has 2 atom stereocenters. The van der Waals surface area contributed by atoms with Crippen LogP contribution in [0.3, 0.4) is 0 Å². The van der Waals surface area contributed by atoms with E-state index in [0.717, 1.165) is 0 Å². The maximum absolute atomic E-state index is 13.0. The molecule has 11 heteroatoms. The van der Waals surface area contributed by atoms with Crippen molar-refractivity contribution in [3.8, 4) is 0 Å². The normalized spacial score (nSPS) is 18.1. The Morgan fingerprint density at radius 3 is 2.74 bits per heavy atom. The lowest BCUT2D eigenvalue weighted by Crippen LogP contribution is -2.37. The molecular weight excluding hydrogens is 426 g/mol. The number of aliphatic imine (C=N–C) groups is 1. The summed E-state index contributed by atoms with van der Waals surface area (Å²) in [6.45, 7) is 3.72. The van der Waals surface area contributed by atoms with E-state index in [1.165, 1.54) is 37.1 Å². The topological polar surface area (TPSA) is 137 Å². The number of methoxy groups -OCH3 is 1. The minimum Gasteiger partial charge on any atom is -0.466 e. The van der Waals surface area contributed by atoms with Gasteiger partial charge in [0.15, 0.2) is 0 Å². The number of ether oxygens (including phenoxy) is 2. The molecule has 1 aromatic rings. The summed E-state index contributed by atoms with van der Waals surface area (Å²) >= 11 is 1.24. The van der Waals surface area contributed by atoms with Gasteiger partial charge in [0.25, 0.3) is 5.69 Å². The highest BCUT2D eigenvalue weighted by Crippen LogP contribution is 2.43. The third-order valence-corrected chi connectivity index (χ3v) is 5.59. The summed E-state index contributed by atoms with van der Waals surface area (Å²) in [5.41, 5.74) is 0.700. The number of nitro benzene ring substituents is 1. The second kappa shape index (κ2) is 11.3. The third-order valence-electron chi connectivity index (χ3n) is 4.54. The molecule has 1 N–H and O–H groups in total. The highest BCUT2D eigenvalue weighted by molar-refractivity contribution is 8.14. The number of amides is 1. The van der Waals surface area contributed by atoms with Crippen LogP contribution < -0.4 is 5.32 Å². The maximum Gasteiger partial charge on any atom is 0.336 e. The summed E-state index contributed by atoms with van der Waals surface area (Å²) in [6, 6.07) is 5.76. The Bertz CT molecular complexity index is 929. The van der Waals surface area contributed by atoms with Gasteiger partial charge in [-0.2, -0.15) is 0 Å². The molecule has 10 nitrogen and oxygen atoms in total. The Kier molecular flexibility index (Phi) is 8.74. The smallest absolute Gasteiger partial charge is 0.336 e.